The number of hydrogen-bond donors (Lipinski definition) is 1. The van der Waals surface area contributed by atoms with Crippen LogP contribution in [0.1, 0.15) is 11.3 Å². The van der Waals surface area contributed by atoms with Crippen LogP contribution in [0.2, 0.25) is 0 Å². The second-order valence-electron chi connectivity index (χ2n) is 4.20. The highest BCUT2D eigenvalue weighted by molar-refractivity contribution is 5.48. The van der Waals surface area contributed by atoms with Crippen molar-refractivity contribution < 1.29 is 9.66 Å². The summed E-state index contributed by atoms with van der Waals surface area (Å²) in [6, 6.07) is 4.84. The number of rotatable bonds is 6. The Morgan fingerprint density at radius 3 is 2.95 bits per heavy atom. The van der Waals surface area contributed by atoms with E-state index in [2.05, 4.69) is 15.6 Å². The maximum absolute atomic E-state index is 11.0. The van der Waals surface area contributed by atoms with Crippen molar-refractivity contribution in [2.75, 3.05) is 14.2 Å². The Labute approximate surface area is 115 Å². The minimum absolute atomic E-state index is 0.0550. The zero-order valence-corrected chi connectivity index (χ0v) is 11.2. The van der Waals surface area contributed by atoms with Crippen molar-refractivity contribution in [1.29, 1.82) is 0 Å². The van der Waals surface area contributed by atoms with E-state index >= 15 is 0 Å². The summed E-state index contributed by atoms with van der Waals surface area (Å²) in [6.07, 6.45) is 1.80. The molecule has 0 unspecified atom stereocenters. The maximum Gasteiger partial charge on any atom is 0.311 e. The molecular formula is C12H15N5O3. The molecule has 0 aliphatic heterocycles. The van der Waals surface area contributed by atoms with E-state index in [0.29, 0.717) is 13.1 Å². The molecule has 0 saturated carbocycles. The molecule has 106 valence electrons. The van der Waals surface area contributed by atoms with Crippen LogP contribution in [0, 0.1) is 10.1 Å². The topological polar surface area (TPSA) is 95.1 Å². The monoisotopic (exact) mass is 277 g/mol. The molecule has 2 aromatic rings. The first-order valence-corrected chi connectivity index (χ1v) is 5.99. The molecule has 2 rings (SSSR count). The number of methoxy groups -OCH3 is 1. The summed E-state index contributed by atoms with van der Waals surface area (Å²) in [5, 5.41) is 21.9. The van der Waals surface area contributed by atoms with E-state index < -0.39 is 4.92 Å². The number of nitrogens with zero attached hydrogens (tertiary/aromatic N) is 4. The van der Waals surface area contributed by atoms with Crippen LogP contribution >= 0.6 is 0 Å². The second-order valence-corrected chi connectivity index (χ2v) is 4.20. The lowest BCUT2D eigenvalue weighted by Crippen LogP contribution is -2.05. The molecule has 20 heavy (non-hydrogen) atoms. The van der Waals surface area contributed by atoms with Gasteiger partial charge in [-0.2, -0.15) is 0 Å². The summed E-state index contributed by atoms with van der Waals surface area (Å²) in [5.41, 5.74) is 1.52. The van der Waals surface area contributed by atoms with Crippen molar-refractivity contribution in [3.63, 3.8) is 0 Å². The van der Waals surface area contributed by atoms with Crippen LogP contribution in [0.3, 0.4) is 0 Å². The number of nitro benzene ring substituents is 1. The zero-order chi connectivity index (χ0) is 14.5. The zero-order valence-electron chi connectivity index (χ0n) is 11.2. The first-order chi connectivity index (χ1) is 9.63. The van der Waals surface area contributed by atoms with E-state index in [9.17, 15) is 10.1 Å². The van der Waals surface area contributed by atoms with Gasteiger partial charge in [0.2, 0.25) is 0 Å². The number of benzene rings is 1. The Bertz CT molecular complexity index is 611. The minimum atomic E-state index is -0.462. The maximum atomic E-state index is 11.0. The number of hydrogen-bond acceptors (Lipinski definition) is 6. The Hall–Kier alpha value is -2.48. The first-order valence-electron chi connectivity index (χ1n) is 5.99. The summed E-state index contributed by atoms with van der Waals surface area (Å²) in [4.78, 5) is 10.5. The Balaban J connectivity index is 2.20. The van der Waals surface area contributed by atoms with Gasteiger partial charge >= 0.3 is 5.69 Å². The fourth-order valence-electron chi connectivity index (χ4n) is 1.84. The summed E-state index contributed by atoms with van der Waals surface area (Å²) >= 11 is 0. The van der Waals surface area contributed by atoms with Gasteiger partial charge in [-0.3, -0.25) is 10.1 Å². The molecule has 0 bridgehead atoms. The van der Waals surface area contributed by atoms with Gasteiger partial charge in [0, 0.05) is 12.6 Å². The first kappa shape index (κ1) is 13.9. The molecule has 0 radical (unpaired) electrons. The van der Waals surface area contributed by atoms with Crippen LogP contribution in [0.4, 0.5) is 5.69 Å². The van der Waals surface area contributed by atoms with Gasteiger partial charge < -0.3 is 10.1 Å². The van der Waals surface area contributed by atoms with Crippen molar-refractivity contribution in [3.8, 4) is 5.75 Å². The van der Waals surface area contributed by atoms with Crippen LogP contribution in [0.5, 0.6) is 5.75 Å². The van der Waals surface area contributed by atoms with Gasteiger partial charge in [0.1, 0.15) is 0 Å². The fraction of sp³-hybridized carbons (Fsp3) is 0.333. The highest BCUT2D eigenvalue weighted by Gasteiger charge is 2.15. The number of nitrogens with one attached hydrogen (secondary N) is 1. The quantitative estimate of drug-likeness (QED) is 0.624. The molecule has 0 saturated heterocycles. The van der Waals surface area contributed by atoms with E-state index in [-0.39, 0.29) is 11.4 Å². The van der Waals surface area contributed by atoms with Crippen molar-refractivity contribution in [1.82, 2.24) is 20.3 Å². The molecule has 1 aromatic carbocycles. The van der Waals surface area contributed by atoms with E-state index in [1.807, 2.05) is 7.05 Å². The van der Waals surface area contributed by atoms with Gasteiger partial charge in [-0.1, -0.05) is 11.3 Å². The molecule has 8 nitrogen and oxygen atoms in total. The van der Waals surface area contributed by atoms with Crippen LogP contribution in [0.15, 0.2) is 24.4 Å². The average molecular weight is 277 g/mol. The molecule has 0 fully saturated rings. The largest absolute Gasteiger partial charge is 0.490 e. The molecule has 8 heteroatoms. The number of ether oxygens (including phenoxy) is 1. The molecule has 1 N–H and O–H groups in total. The predicted octanol–water partition coefficient (Wildman–Crippen LogP) is 0.963. The van der Waals surface area contributed by atoms with Gasteiger partial charge in [-0.05, 0) is 18.7 Å². The SMILES string of the molecule is CNCc1cn(Cc2ccc(OC)c([N+](=O)[O-])c2)nn1. The Morgan fingerprint density at radius 1 is 1.50 bits per heavy atom. The number of nitro groups is 1. The third-order valence-corrected chi connectivity index (χ3v) is 2.73. The van der Waals surface area contributed by atoms with Crippen LogP contribution in [0.25, 0.3) is 0 Å². The van der Waals surface area contributed by atoms with Crippen molar-refractivity contribution >= 4 is 5.69 Å². The smallest absolute Gasteiger partial charge is 0.311 e. The number of aromatic nitrogens is 3. The van der Waals surface area contributed by atoms with E-state index in [1.54, 1.807) is 23.0 Å². The Kier molecular flexibility index (Phi) is 4.26. The highest BCUT2D eigenvalue weighted by Crippen LogP contribution is 2.27. The molecule has 0 aliphatic rings. The van der Waals surface area contributed by atoms with Gasteiger partial charge in [0.05, 0.1) is 30.5 Å². The predicted molar refractivity (Wildman–Crippen MR) is 71.5 cm³/mol. The van der Waals surface area contributed by atoms with Gasteiger partial charge in [-0.15, -0.1) is 5.10 Å². The fourth-order valence-corrected chi connectivity index (χ4v) is 1.84. The van der Waals surface area contributed by atoms with Crippen LogP contribution in [-0.2, 0) is 13.1 Å². The highest BCUT2D eigenvalue weighted by atomic mass is 16.6. The van der Waals surface area contributed by atoms with Crippen molar-refractivity contribution in [2.45, 2.75) is 13.1 Å². The molecule has 1 heterocycles. The van der Waals surface area contributed by atoms with Gasteiger partial charge in [-0.25, -0.2) is 4.68 Å². The lowest BCUT2D eigenvalue weighted by molar-refractivity contribution is -0.385. The minimum Gasteiger partial charge on any atom is -0.490 e. The van der Waals surface area contributed by atoms with Gasteiger partial charge in [0.15, 0.2) is 5.75 Å². The Morgan fingerprint density at radius 2 is 2.30 bits per heavy atom. The summed E-state index contributed by atoms with van der Waals surface area (Å²) in [6.45, 7) is 1.05. The second kappa shape index (κ2) is 6.11. The third kappa shape index (κ3) is 3.09. The third-order valence-electron chi connectivity index (χ3n) is 2.73. The molecule has 0 amide bonds. The lowest BCUT2D eigenvalue weighted by Gasteiger charge is -2.04. The molecule has 0 atom stereocenters. The molecule has 0 spiro atoms. The average Bonchev–Trinajstić information content (AvgIpc) is 2.86. The van der Waals surface area contributed by atoms with Crippen molar-refractivity contribution in [3.05, 3.63) is 45.8 Å². The summed E-state index contributed by atoms with van der Waals surface area (Å²) in [7, 11) is 3.23. The van der Waals surface area contributed by atoms with Crippen molar-refractivity contribution in [2.24, 2.45) is 0 Å². The van der Waals surface area contributed by atoms with Crippen LogP contribution < -0.4 is 10.1 Å². The lowest BCUT2D eigenvalue weighted by atomic mass is 10.2. The van der Waals surface area contributed by atoms with E-state index in [0.717, 1.165) is 11.3 Å². The normalized spacial score (nSPS) is 10.5. The molecule has 0 aliphatic carbocycles. The standard InChI is InChI=1S/C12H15N5O3/c1-13-6-10-8-16(15-14-10)7-9-3-4-12(20-2)11(5-9)17(18)19/h3-5,8,13H,6-7H2,1-2H3. The van der Waals surface area contributed by atoms with E-state index in [4.69, 9.17) is 4.74 Å². The van der Waals surface area contributed by atoms with E-state index in [1.165, 1.54) is 13.2 Å². The van der Waals surface area contributed by atoms with Gasteiger partial charge in [0.25, 0.3) is 0 Å². The van der Waals surface area contributed by atoms with Crippen LogP contribution in [-0.4, -0.2) is 34.1 Å². The summed E-state index contributed by atoms with van der Waals surface area (Å²) in [5.74, 6) is 0.244. The molecule has 1 aromatic heterocycles. The summed E-state index contributed by atoms with van der Waals surface area (Å²) < 4.78 is 6.60. The molecular weight excluding hydrogens is 262 g/mol.